The Morgan fingerprint density at radius 2 is 1.52 bits per heavy atom. The topological polar surface area (TPSA) is 25.0 Å². The second-order valence-corrected chi connectivity index (χ2v) is 8.06. The highest BCUT2D eigenvalue weighted by molar-refractivity contribution is 6.10. The van der Waals surface area contributed by atoms with Gasteiger partial charge in [0, 0.05) is 40.9 Å². The number of hydrogen-bond acceptors (Lipinski definition) is 1. The molecule has 5 aromatic rings. The van der Waals surface area contributed by atoms with Crippen molar-refractivity contribution < 1.29 is 9.37 Å². The molecule has 0 unspecified atom stereocenters. The largest absolute Gasteiger partial charge is 0.389 e. The van der Waals surface area contributed by atoms with Gasteiger partial charge in [-0.25, -0.2) is 4.79 Å². The molecule has 4 aromatic carbocycles. The smallest absolute Gasteiger partial charge is 0.336 e. The molecular formula is C30H25N2O+. The second-order valence-electron chi connectivity index (χ2n) is 8.06. The van der Waals surface area contributed by atoms with Crippen LogP contribution in [0.5, 0.6) is 0 Å². The van der Waals surface area contributed by atoms with Gasteiger partial charge in [0.15, 0.2) is 6.21 Å². The fraction of sp³-hybridized carbons (Fsp3) is 0.0667. The van der Waals surface area contributed by atoms with Crippen LogP contribution in [-0.2, 0) is 11.3 Å². The Hall–Kier alpha value is -4.24. The van der Waals surface area contributed by atoms with E-state index in [4.69, 9.17) is 0 Å². The van der Waals surface area contributed by atoms with Crippen LogP contribution in [0.3, 0.4) is 0 Å². The lowest BCUT2D eigenvalue weighted by molar-refractivity contribution is -0.359. The van der Waals surface area contributed by atoms with E-state index in [1.807, 2.05) is 54.8 Å². The van der Waals surface area contributed by atoms with Crippen molar-refractivity contribution in [1.82, 2.24) is 4.57 Å². The summed E-state index contributed by atoms with van der Waals surface area (Å²) in [5, 5.41) is 4.92. The predicted octanol–water partition coefficient (Wildman–Crippen LogP) is 5.86. The van der Waals surface area contributed by atoms with Gasteiger partial charge in [-0.3, -0.25) is 0 Å². The van der Waals surface area contributed by atoms with Crippen molar-refractivity contribution in [1.29, 1.82) is 0 Å². The van der Waals surface area contributed by atoms with E-state index < -0.39 is 0 Å². The zero-order valence-electron chi connectivity index (χ0n) is 18.6. The summed E-state index contributed by atoms with van der Waals surface area (Å²) in [6.07, 6.45) is 7.89. The Balaban J connectivity index is 1.63. The van der Waals surface area contributed by atoms with Gasteiger partial charge < -0.3 is 4.57 Å². The molecule has 160 valence electrons. The minimum absolute atomic E-state index is 0.0257. The number of allylic oxidation sites excluding steroid dienone is 2. The molecule has 0 aliphatic carbocycles. The Bertz CT molecular complexity index is 1540. The van der Waals surface area contributed by atoms with Crippen LogP contribution in [-0.4, -0.2) is 21.3 Å². The molecule has 5 rings (SSSR count). The van der Waals surface area contributed by atoms with Crippen LogP contribution in [0.1, 0.15) is 12.5 Å². The molecule has 3 heteroatoms. The van der Waals surface area contributed by atoms with Crippen molar-refractivity contribution in [2.24, 2.45) is 0 Å². The van der Waals surface area contributed by atoms with Crippen LogP contribution >= 0.6 is 0 Å². The maximum Gasteiger partial charge on any atom is 0.389 e. The number of amides is 1. The lowest BCUT2D eigenvalue weighted by atomic mass is 10.1. The van der Waals surface area contributed by atoms with Gasteiger partial charge >= 0.3 is 5.91 Å². The van der Waals surface area contributed by atoms with Crippen LogP contribution < -0.4 is 5.35 Å². The van der Waals surface area contributed by atoms with E-state index >= 15 is 0 Å². The van der Waals surface area contributed by atoms with E-state index in [-0.39, 0.29) is 5.91 Å². The molecule has 0 saturated heterocycles. The molecule has 0 spiro atoms. The van der Waals surface area contributed by atoms with Gasteiger partial charge in [-0.05, 0) is 23.1 Å². The number of carbonyl (C=O) groups is 1. The van der Waals surface area contributed by atoms with E-state index in [1.54, 1.807) is 11.5 Å². The van der Waals surface area contributed by atoms with Gasteiger partial charge in [-0.2, -0.15) is 0 Å². The number of nitrogens with zero attached hydrogens (tertiary/aromatic N) is 2. The monoisotopic (exact) mass is 429 g/mol. The van der Waals surface area contributed by atoms with Crippen molar-refractivity contribution in [2.45, 2.75) is 13.5 Å². The first-order valence-corrected chi connectivity index (χ1v) is 11.1. The van der Waals surface area contributed by atoms with E-state index in [1.165, 1.54) is 27.2 Å². The van der Waals surface area contributed by atoms with Gasteiger partial charge in [-0.1, -0.05) is 84.9 Å². The molecule has 3 nitrogen and oxygen atoms in total. The van der Waals surface area contributed by atoms with Gasteiger partial charge in [-0.15, -0.1) is 4.58 Å². The normalized spacial score (nSPS) is 12.9. The number of rotatable bonds is 5. The number of para-hydroxylation sites is 1. The molecule has 33 heavy (non-hydrogen) atoms. The first-order chi connectivity index (χ1) is 16.2. The minimum atomic E-state index is -0.0257. The summed E-state index contributed by atoms with van der Waals surface area (Å²) in [6, 6.07) is 33.2. The summed E-state index contributed by atoms with van der Waals surface area (Å²) in [7, 11) is 0. The standard InChI is InChI=1S/C30H25N2O/c1-23(33)31(26-16-6-3-7-17-26)21-9-8-19-28-27-18-10-14-25-15-11-20-29(30(25)27)32(28)22-24-12-4-2-5-13-24/h2-21H,22H2,1H3/q+1. The fourth-order valence-electron chi connectivity index (χ4n) is 4.39. The van der Waals surface area contributed by atoms with Crippen LogP contribution in [0.4, 0.5) is 5.69 Å². The predicted molar refractivity (Wildman–Crippen MR) is 137 cm³/mol. The Kier molecular flexibility index (Phi) is 5.69. The molecule has 0 N–H and O–H groups in total. The molecule has 1 aromatic heterocycles. The van der Waals surface area contributed by atoms with E-state index in [9.17, 15) is 4.79 Å². The molecule has 0 bridgehead atoms. The zero-order chi connectivity index (χ0) is 22.6. The van der Waals surface area contributed by atoms with Gasteiger partial charge in [0.2, 0.25) is 5.69 Å². The number of carbonyl (C=O) groups excluding carboxylic acids is 1. The summed E-state index contributed by atoms with van der Waals surface area (Å²) in [5.74, 6) is -0.0257. The van der Waals surface area contributed by atoms with Gasteiger partial charge in [0.05, 0.1) is 12.4 Å². The molecule has 0 saturated carbocycles. The first kappa shape index (κ1) is 20.7. The molecule has 0 aliphatic heterocycles. The van der Waals surface area contributed by atoms with Crippen LogP contribution in [0.25, 0.3) is 27.8 Å². The Morgan fingerprint density at radius 3 is 2.24 bits per heavy atom. The molecule has 0 atom stereocenters. The van der Waals surface area contributed by atoms with Gasteiger partial charge in [0.25, 0.3) is 0 Å². The molecule has 1 heterocycles. The van der Waals surface area contributed by atoms with Crippen LogP contribution in [0, 0.1) is 0 Å². The Labute approximate surface area is 193 Å². The summed E-state index contributed by atoms with van der Waals surface area (Å²) in [6.45, 7) is 2.37. The maximum absolute atomic E-state index is 12.2. The number of hydrogen-bond donors (Lipinski definition) is 0. The van der Waals surface area contributed by atoms with Crippen molar-refractivity contribution in [3.63, 3.8) is 0 Å². The highest BCUT2D eigenvalue weighted by Crippen LogP contribution is 2.26. The summed E-state index contributed by atoms with van der Waals surface area (Å²) >= 11 is 0. The quantitative estimate of drug-likeness (QED) is 0.254. The summed E-state index contributed by atoms with van der Waals surface area (Å²) < 4.78 is 4.03. The fourth-order valence-corrected chi connectivity index (χ4v) is 4.39. The maximum atomic E-state index is 12.2. The highest BCUT2D eigenvalue weighted by atomic mass is 16.1. The van der Waals surface area contributed by atoms with Crippen LogP contribution in [0.15, 0.2) is 109 Å². The molecule has 1 amide bonds. The van der Waals surface area contributed by atoms with Crippen LogP contribution in [0.2, 0.25) is 0 Å². The number of benzene rings is 4. The second kappa shape index (κ2) is 9.09. The summed E-state index contributed by atoms with van der Waals surface area (Å²) in [5.41, 5.74) is 3.34. The Morgan fingerprint density at radius 1 is 0.818 bits per heavy atom. The summed E-state index contributed by atoms with van der Waals surface area (Å²) in [4.78, 5) is 12.2. The minimum Gasteiger partial charge on any atom is -0.336 e. The van der Waals surface area contributed by atoms with Gasteiger partial charge in [0.1, 0.15) is 0 Å². The zero-order valence-corrected chi connectivity index (χ0v) is 18.6. The molecular weight excluding hydrogens is 404 g/mol. The number of aromatic nitrogens is 1. The van der Waals surface area contributed by atoms with E-state index in [2.05, 4.69) is 71.3 Å². The van der Waals surface area contributed by atoms with E-state index in [0.29, 0.717) is 0 Å². The van der Waals surface area contributed by atoms with E-state index in [0.717, 1.165) is 17.6 Å². The lowest BCUT2D eigenvalue weighted by Gasteiger charge is -2.07. The van der Waals surface area contributed by atoms with Crippen molar-refractivity contribution in [2.75, 3.05) is 0 Å². The SMILES string of the molecule is CC(=O)[N+](=C/C=C/C=c1/c2cccc3cccc(c32)n1Cc1ccccc1)c1ccccc1. The van der Waals surface area contributed by atoms with Crippen molar-refractivity contribution in [3.8, 4) is 0 Å². The van der Waals surface area contributed by atoms with Crippen molar-refractivity contribution in [3.05, 3.63) is 120 Å². The third-order valence-corrected chi connectivity index (χ3v) is 5.90. The first-order valence-electron chi connectivity index (χ1n) is 11.1. The third kappa shape index (κ3) is 4.13. The molecule has 0 radical (unpaired) electrons. The lowest BCUT2D eigenvalue weighted by Crippen LogP contribution is -2.17. The molecule has 0 fully saturated rings. The van der Waals surface area contributed by atoms with Crippen molar-refractivity contribution >= 4 is 45.6 Å². The molecule has 0 aliphatic rings. The third-order valence-electron chi connectivity index (χ3n) is 5.90. The average molecular weight is 430 g/mol. The highest BCUT2D eigenvalue weighted by Gasteiger charge is 2.13. The average Bonchev–Trinajstić information content (AvgIpc) is 3.14.